The van der Waals surface area contributed by atoms with Gasteiger partial charge in [-0.2, -0.15) is 0 Å². The molecule has 86 valence electrons. The fraction of sp³-hybridized carbons (Fsp3) is 0.364. The second kappa shape index (κ2) is 5.07. The van der Waals surface area contributed by atoms with Crippen molar-refractivity contribution in [2.75, 3.05) is 0 Å². The number of hydrogen-bond donors (Lipinski definition) is 0. The molecule has 0 saturated heterocycles. The minimum atomic E-state index is -0.454. The molecule has 1 aromatic rings. The average Bonchev–Trinajstić information content (AvgIpc) is 2.27. The predicted molar refractivity (Wildman–Crippen MR) is 61.5 cm³/mol. The van der Waals surface area contributed by atoms with Gasteiger partial charge in [-0.05, 0) is 23.1 Å². The molecule has 0 aliphatic rings. The van der Waals surface area contributed by atoms with Gasteiger partial charge in [0.1, 0.15) is 0 Å². The van der Waals surface area contributed by atoms with Crippen LogP contribution in [-0.4, -0.2) is 10.2 Å². The van der Waals surface area contributed by atoms with Crippen molar-refractivity contribution in [3.8, 4) is 0 Å². The number of nitro groups is 1. The molecule has 0 fully saturated rings. The molecule has 16 heavy (non-hydrogen) atoms. The Labute approximate surface area is 98.4 Å². The first kappa shape index (κ1) is 12.6. The molecule has 1 rings (SSSR count). The highest BCUT2D eigenvalue weighted by Gasteiger charge is 2.20. The van der Waals surface area contributed by atoms with Crippen molar-refractivity contribution in [2.24, 2.45) is 5.92 Å². The Morgan fingerprint density at radius 1 is 1.31 bits per heavy atom. The molecule has 0 saturated carbocycles. The third kappa shape index (κ3) is 2.79. The van der Waals surface area contributed by atoms with Crippen molar-refractivity contribution >= 4 is 22.5 Å². The van der Waals surface area contributed by atoms with E-state index in [1.165, 1.54) is 12.1 Å². The second-order valence-corrected chi connectivity index (χ2v) is 4.10. The van der Waals surface area contributed by atoms with Crippen molar-refractivity contribution in [3.05, 3.63) is 39.9 Å². The molecule has 0 N–H and O–H groups in total. The van der Waals surface area contributed by atoms with Crippen LogP contribution in [0.4, 0.5) is 5.69 Å². The third-order valence-corrected chi connectivity index (χ3v) is 3.08. The number of nitrogens with zero attached hydrogens (tertiary/aromatic N) is 1. The van der Waals surface area contributed by atoms with E-state index in [0.29, 0.717) is 0 Å². The summed E-state index contributed by atoms with van der Waals surface area (Å²) in [6.45, 7) is 3.60. The van der Waals surface area contributed by atoms with Crippen LogP contribution in [0, 0.1) is 16.0 Å². The van der Waals surface area contributed by atoms with Crippen molar-refractivity contribution in [1.82, 2.24) is 0 Å². The zero-order valence-electron chi connectivity index (χ0n) is 9.01. The van der Waals surface area contributed by atoms with Crippen molar-refractivity contribution in [3.63, 3.8) is 0 Å². The SMILES string of the molecule is CC(C(=O)Cl)C(C)c1ccc([N+](=O)[O-])cc1. The van der Waals surface area contributed by atoms with Gasteiger partial charge in [-0.25, -0.2) is 0 Å². The van der Waals surface area contributed by atoms with Crippen LogP contribution in [0.1, 0.15) is 25.3 Å². The lowest BCUT2D eigenvalue weighted by Crippen LogP contribution is -2.12. The molecule has 0 aliphatic heterocycles. The van der Waals surface area contributed by atoms with Crippen LogP contribution in [0.3, 0.4) is 0 Å². The smallest absolute Gasteiger partial charge is 0.269 e. The van der Waals surface area contributed by atoms with Crippen LogP contribution in [0.15, 0.2) is 24.3 Å². The molecule has 0 heterocycles. The molecular formula is C11H12ClNO3. The van der Waals surface area contributed by atoms with E-state index < -0.39 is 10.2 Å². The van der Waals surface area contributed by atoms with Crippen LogP contribution in [-0.2, 0) is 4.79 Å². The highest BCUT2D eigenvalue weighted by molar-refractivity contribution is 6.64. The quantitative estimate of drug-likeness (QED) is 0.462. The number of hydrogen-bond acceptors (Lipinski definition) is 3. The van der Waals surface area contributed by atoms with Crippen molar-refractivity contribution < 1.29 is 9.72 Å². The van der Waals surface area contributed by atoms with Gasteiger partial charge in [0.05, 0.1) is 4.92 Å². The largest absolute Gasteiger partial charge is 0.281 e. The highest BCUT2D eigenvalue weighted by Crippen LogP contribution is 2.27. The first-order valence-corrected chi connectivity index (χ1v) is 5.25. The molecule has 0 aliphatic carbocycles. The number of halogens is 1. The van der Waals surface area contributed by atoms with Gasteiger partial charge in [0.25, 0.3) is 5.69 Å². The van der Waals surface area contributed by atoms with Gasteiger partial charge < -0.3 is 0 Å². The van der Waals surface area contributed by atoms with Crippen LogP contribution >= 0.6 is 11.6 Å². The number of rotatable bonds is 4. The minimum absolute atomic E-state index is 0.0424. The zero-order chi connectivity index (χ0) is 12.3. The van der Waals surface area contributed by atoms with Crippen LogP contribution in [0.25, 0.3) is 0 Å². The van der Waals surface area contributed by atoms with Crippen LogP contribution < -0.4 is 0 Å². The predicted octanol–water partition coefficient (Wildman–Crippen LogP) is 3.10. The fourth-order valence-corrected chi connectivity index (χ4v) is 1.57. The van der Waals surface area contributed by atoms with Crippen LogP contribution in [0.5, 0.6) is 0 Å². The standard InChI is InChI=1S/C11H12ClNO3/c1-7(8(2)11(12)14)9-3-5-10(6-4-9)13(15)16/h3-8H,1-2H3. The van der Waals surface area contributed by atoms with Gasteiger partial charge >= 0.3 is 0 Å². The lowest BCUT2D eigenvalue weighted by molar-refractivity contribution is -0.384. The summed E-state index contributed by atoms with van der Waals surface area (Å²) in [6.07, 6.45) is 0. The minimum Gasteiger partial charge on any atom is -0.281 e. The number of nitro benzene ring substituents is 1. The summed E-state index contributed by atoms with van der Waals surface area (Å²) < 4.78 is 0. The van der Waals surface area contributed by atoms with Gasteiger partial charge in [0, 0.05) is 18.1 Å². The van der Waals surface area contributed by atoms with E-state index in [1.54, 1.807) is 19.1 Å². The lowest BCUT2D eigenvalue weighted by Gasteiger charge is -2.16. The van der Waals surface area contributed by atoms with Gasteiger partial charge in [-0.15, -0.1) is 0 Å². The van der Waals surface area contributed by atoms with E-state index in [-0.39, 0.29) is 17.5 Å². The second-order valence-electron chi connectivity index (χ2n) is 3.73. The van der Waals surface area contributed by atoms with E-state index in [0.717, 1.165) is 5.56 Å². The number of benzene rings is 1. The zero-order valence-corrected chi connectivity index (χ0v) is 9.77. The lowest BCUT2D eigenvalue weighted by atomic mass is 9.90. The molecule has 2 atom stereocenters. The molecule has 0 amide bonds. The summed E-state index contributed by atoms with van der Waals surface area (Å²) in [5.41, 5.74) is 0.910. The van der Waals surface area contributed by atoms with Gasteiger partial charge in [-0.3, -0.25) is 14.9 Å². The Morgan fingerprint density at radius 3 is 2.19 bits per heavy atom. The summed E-state index contributed by atoms with van der Waals surface area (Å²) in [7, 11) is 0. The van der Waals surface area contributed by atoms with Crippen molar-refractivity contribution in [1.29, 1.82) is 0 Å². The molecule has 0 aromatic heterocycles. The Kier molecular flexibility index (Phi) is 4.01. The molecule has 0 spiro atoms. The van der Waals surface area contributed by atoms with Gasteiger partial charge in [0.15, 0.2) is 0 Å². The van der Waals surface area contributed by atoms with E-state index in [9.17, 15) is 14.9 Å². The maximum absolute atomic E-state index is 11.0. The average molecular weight is 242 g/mol. The number of carbonyl (C=O) groups excluding carboxylic acids is 1. The monoisotopic (exact) mass is 241 g/mol. The first-order chi connectivity index (χ1) is 7.43. The molecule has 2 unspecified atom stereocenters. The first-order valence-electron chi connectivity index (χ1n) is 4.87. The molecule has 5 heteroatoms. The van der Waals surface area contributed by atoms with Crippen LogP contribution in [0.2, 0.25) is 0 Å². The summed E-state index contributed by atoms with van der Waals surface area (Å²) >= 11 is 5.41. The molecule has 0 radical (unpaired) electrons. The number of carbonyl (C=O) groups is 1. The van der Waals surface area contributed by atoms with Gasteiger partial charge in [-0.1, -0.05) is 26.0 Å². The maximum Gasteiger partial charge on any atom is 0.269 e. The van der Waals surface area contributed by atoms with E-state index in [4.69, 9.17) is 11.6 Å². The highest BCUT2D eigenvalue weighted by atomic mass is 35.5. The number of non-ortho nitro benzene ring substituents is 1. The Morgan fingerprint density at radius 2 is 1.81 bits per heavy atom. The van der Waals surface area contributed by atoms with E-state index in [1.807, 2.05) is 6.92 Å². The summed E-state index contributed by atoms with van der Waals surface area (Å²) in [5, 5.41) is 10.1. The van der Waals surface area contributed by atoms with E-state index in [2.05, 4.69) is 0 Å². The Hall–Kier alpha value is -1.42. The molecule has 1 aromatic carbocycles. The topological polar surface area (TPSA) is 60.2 Å². The maximum atomic E-state index is 11.0. The van der Waals surface area contributed by atoms with Crippen molar-refractivity contribution in [2.45, 2.75) is 19.8 Å². The Balaban J connectivity index is 2.89. The summed E-state index contributed by atoms with van der Waals surface area (Å²) in [6, 6.07) is 6.16. The molecule has 0 bridgehead atoms. The van der Waals surface area contributed by atoms with E-state index >= 15 is 0 Å². The molecule has 4 nitrogen and oxygen atoms in total. The Bertz CT molecular complexity index is 402. The summed E-state index contributed by atoms with van der Waals surface area (Å²) in [5.74, 6) is -0.353. The molecular weight excluding hydrogens is 230 g/mol. The summed E-state index contributed by atoms with van der Waals surface area (Å²) in [4.78, 5) is 21.0. The van der Waals surface area contributed by atoms with Gasteiger partial charge in [0.2, 0.25) is 5.24 Å². The fourth-order valence-electron chi connectivity index (χ4n) is 1.38. The normalized spacial score (nSPS) is 14.2. The third-order valence-electron chi connectivity index (χ3n) is 2.74.